The van der Waals surface area contributed by atoms with Crippen LogP contribution in [0.25, 0.3) is 0 Å². The summed E-state index contributed by atoms with van der Waals surface area (Å²) < 4.78 is 9.32. The molecule has 0 atom stereocenters. The number of aromatic nitrogens is 2. The molecular formula is C11H15N3O4. The maximum Gasteiger partial charge on any atom is 0.341 e. The van der Waals surface area contributed by atoms with E-state index in [-0.39, 0.29) is 12.5 Å². The van der Waals surface area contributed by atoms with Gasteiger partial charge in [0.05, 0.1) is 25.0 Å². The molecule has 0 saturated carbocycles. The lowest BCUT2D eigenvalue weighted by atomic mass is 10.2. The van der Waals surface area contributed by atoms with Crippen LogP contribution in [0.2, 0.25) is 0 Å². The topological polar surface area (TPSA) is 90.4 Å². The summed E-state index contributed by atoms with van der Waals surface area (Å²) in [6, 6.07) is 0. The second-order valence-electron chi connectivity index (χ2n) is 3.34. The summed E-state index contributed by atoms with van der Waals surface area (Å²) in [5, 5.41) is 2.69. The van der Waals surface area contributed by atoms with Crippen molar-refractivity contribution in [3.63, 3.8) is 0 Å². The van der Waals surface area contributed by atoms with Crippen LogP contribution in [0.4, 0.5) is 5.95 Å². The molecule has 1 N–H and O–H groups in total. The number of hydrogen-bond acceptors (Lipinski definition) is 7. The lowest BCUT2D eigenvalue weighted by molar-refractivity contribution is -0.138. The number of aryl methyl sites for hydroxylation is 1. The maximum atomic E-state index is 11.5. The van der Waals surface area contributed by atoms with E-state index in [4.69, 9.17) is 4.74 Å². The van der Waals surface area contributed by atoms with Crippen molar-refractivity contribution in [3.05, 3.63) is 17.5 Å². The molecule has 7 heteroatoms. The Kier molecular flexibility index (Phi) is 5.04. The molecule has 1 rings (SSSR count). The van der Waals surface area contributed by atoms with Crippen molar-refractivity contribution in [3.8, 4) is 0 Å². The Morgan fingerprint density at radius 2 is 2.17 bits per heavy atom. The van der Waals surface area contributed by atoms with Gasteiger partial charge in [-0.15, -0.1) is 0 Å². The van der Waals surface area contributed by atoms with E-state index in [9.17, 15) is 9.59 Å². The van der Waals surface area contributed by atoms with Gasteiger partial charge in [0.15, 0.2) is 0 Å². The van der Waals surface area contributed by atoms with Gasteiger partial charge in [-0.3, -0.25) is 4.79 Å². The predicted molar refractivity (Wildman–Crippen MR) is 63.2 cm³/mol. The summed E-state index contributed by atoms with van der Waals surface area (Å²) >= 11 is 0. The highest BCUT2D eigenvalue weighted by Crippen LogP contribution is 2.08. The first-order valence-electron chi connectivity index (χ1n) is 5.40. The normalized spacial score (nSPS) is 9.72. The van der Waals surface area contributed by atoms with Gasteiger partial charge in [0.1, 0.15) is 6.54 Å². The molecule has 0 aliphatic rings. The molecule has 1 aromatic heterocycles. The summed E-state index contributed by atoms with van der Waals surface area (Å²) in [7, 11) is 1.29. The average Bonchev–Trinajstić information content (AvgIpc) is 2.36. The first-order chi connectivity index (χ1) is 8.58. The molecule has 18 heavy (non-hydrogen) atoms. The van der Waals surface area contributed by atoms with E-state index in [0.29, 0.717) is 17.9 Å². The fourth-order valence-electron chi connectivity index (χ4n) is 1.18. The number of anilines is 1. The molecule has 98 valence electrons. The van der Waals surface area contributed by atoms with E-state index in [2.05, 4.69) is 20.0 Å². The van der Waals surface area contributed by atoms with Crippen molar-refractivity contribution in [1.29, 1.82) is 0 Å². The van der Waals surface area contributed by atoms with Gasteiger partial charge in [-0.25, -0.2) is 14.8 Å². The van der Waals surface area contributed by atoms with Gasteiger partial charge in [0.2, 0.25) is 5.95 Å². The smallest absolute Gasteiger partial charge is 0.341 e. The van der Waals surface area contributed by atoms with Crippen LogP contribution < -0.4 is 5.32 Å². The highest BCUT2D eigenvalue weighted by atomic mass is 16.5. The van der Waals surface area contributed by atoms with Crippen LogP contribution in [0.3, 0.4) is 0 Å². The minimum atomic E-state index is -0.463. The van der Waals surface area contributed by atoms with Crippen LogP contribution in [0.1, 0.15) is 23.0 Å². The van der Waals surface area contributed by atoms with Gasteiger partial charge >= 0.3 is 11.9 Å². The Hall–Kier alpha value is -2.18. The van der Waals surface area contributed by atoms with Gasteiger partial charge in [-0.05, 0) is 13.8 Å². The Morgan fingerprint density at radius 1 is 1.44 bits per heavy atom. The molecule has 0 aromatic carbocycles. The monoisotopic (exact) mass is 253 g/mol. The summed E-state index contributed by atoms with van der Waals surface area (Å²) in [5.74, 6) is -0.633. The third-order valence-corrected chi connectivity index (χ3v) is 2.09. The van der Waals surface area contributed by atoms with Crippen LogP contribution in [-0.2, 0) is 14.3 Å². The number of carbonyl (C=O) groups excluding carboxylic acids is 2. The van der Waals surface area contributed by atoms with E-state index in [1.54, 1.807) is 13.8 Å². The van der Waals surface area contributed by atoms with Crippen LogP contribution in [0.15, 0.2) is 6.20 Å². The van der Waals surface area contributed by atoms with Crippen molar-refractivity contribution in [2.75, 3.05) is 25.6 Å². The molecule has 1 heterocycles. The predicted octanol–water partition coefficient (Wildman–Crippen LogP) is 0.547. The number of methoxy groups -OCH3 is 1. The Balaban J connectivity index is 2.73. The van der Waals surface area contributed by atoms with Gasteiger partial charge in [0, 0.05) is 6.20 Å². The SMILES string of the molecule is CCOC(=O)c1cnc(NCC(=O)OC)nc1C. The average molecular weight is 253 g/mol. The molecular weight excluding hydrogens is 238 g/mol. The van der Waals surface area contributed by atoms with Crippen molar-refractivity contribution in [1.82, 2.24) is 9.97 Å². The number of hydrogen-bond donors (Lipinski definition) is 1. The minimum Gasteiger partial charge on any atom is -0.468 e. The Labute approximate surface area is 105 Å². The summed E-state index contributed by atoms with van der Waals surface area (Å²) in [6.45, 7) is 3.65. The molecule has 1 aromatic rings. The molecule has 0 amide bonds. The van der Waals surface area contributed by atoms with Gasteiger partial charge in [-0.2, -0.15) is 0 Å². The molecule has 7 nitrogen and oxygen atoms in total. The number of carbonyl (C=O) groups is 2. The molecule has 0 unspecified atom stereocenters. The van der Waals surface area contributed by atoms with Crippen molar-refractivity contribution < 1.29 is 19.1 Å². The number of esters is 2. The van der Waals surface area contributed by atoms with E-state index >= 15 is 0 Å². The molecule has 0 fully saturated rings. The highest BCUT2D eigenvalue weighted by molar-refractivity contribution is 5.90. The summed E-state index contributed by atoms with van der Waals surface area (Å²) in [5.41, 5.74) is 0.788. The van der Waals surface area contributed by atoms with Gasteiger partial charge in [0.25, 0.3) is 0 Å². The standard InChI is InChI=1S/C11H15N3O4/c1-4-18-10(16)8-5-12-11(14-7(8)2)13-6-9(15)17-3/h5H,4,6H2,1-3H3,(H,12,13,14). The van der Waals surface area contributed by atoms with Crippen molar-refractivity contribution >= 4 is 17.9 Å². The first-order valence-corrected chi connectivity index (χ1v) is 5.40. The number of rotatable bonds is 5. The fourth-order valence-corrected chi connectivity index (χ4v) is 1.18. The first kappa shape index (κ1) is 13.9. The van der Waals surface area contributed by atoms with E-state index in [1.165, 1.54) is 13.3 Å². The van der Waals surface area contributed by atoms with Crippen molar-refractivity contribution in [2.45, 2.75) is 13.8 Å². The third-order valence-electron chi connectivity index (χ3n) is 2.09. The van der Waals surface area contributed by atoms with E-state index < -0.39 is 11.9 Å². The third kappa shape index (κ3) is 3.69. The lowest BCUT2D eigenvalue weighted by Crippen LogP contribution is -2.17. The van der Waals surface area contributed by atoms with E-state index in [1.807, 2.05) is 0 Å². The van der Waals surface area contributed by atoms with Gasteiger partial charge < -0.3 is 14.8 Å². The molecule has 0 bridgehead atoms. The van der Waals surface area contributed by atoms with Gasteiger partial charge in [-0.1, -0.05) is 0 Å². The Bertz CT molecular complexity index is 448. The molecule has 0 aliphatic carbocycles. The largest absolute Gasteiger partial charge is 0.468 e. The second kappa shape index (κ2) is 6.53. The van der Waals surface area contributed by atoms with Crippen LogP contribution in [0, 0.1) is 6.92 Å². The number of nitrogens with zero attached hydrogens (tertiary/aromatic N) is 2. The minimum absolute atomic E-state index is 0.0330. The number of nitrogens with one attached hydrogen (secondary N) is 1. The van der Waals surface area contributed by atoms with Crippen LogP contribution in [0.5, 0.6) is 0 Å². The van der Waals surface area contributed by atoms with Crippen LogP contribution in [-0.4, -0.2) is 42.2 Å². The lowest BCUT2D eigenvalue weighted by Gasteiger charge is -2.07. The van der Waals surface area contributed by atoms with E-state index in [0.717, 1.165) is 0 Å². The van der Waals surface area contributed by atoms with Crippen molar-refractivity contribution in [2.24, 2.45) is 0 Å². The summed E-state index contributed by atoms with van der Waals surface area (Å²) in [4.78, 5) is 30.4. The molecule has 0 saturated heterocycles. The number of ether oxygens (including phenoxy) is 2. The zero-order valence-electron chi connectivity index (χ0n) is 10.5. The highest BCUT2D eigenvalue weighted by Gasteiger charge is 2.12. The molecule has 0 aliphatic heterocycles. The fraction of sp³-hybridized carbons (Fsp3) is 0.455. The molecule has 0 radical (unpaired) electrons. The quantitative estimate of drug-likeness (QED) is 0.766. The second-order valence-corrected chi connectivity index (χ2v) is 3.34. The zero-order chi connectivity index (χ0) is 13.5. The zero-order valence-corrected chi connectivity index (χ0v) is 10.5. The summed E-state index contributed by atoms with van der Waals surface area (Å²) in [6.07, 6.45) is 1.36. The maximum absolute atomic E-state index is 11.5. The molecule has 0 spiro atoms. The Morgan fingerprint density at radius 3 is 2.72 bits per heavy atom. The van der Waals surface area contributed by atoms with Crippen LogP contribution >= 0.6 is 0 Å².